The Kier molecular flexibility index (Phi) is 4.29. The molecule has 0 atom stereocenters. The van der Waals surface area contributed by atoms with Gasteiger partial charge in [-0.15, -0.1) is 0 Å². The van der Waals surface area contributed by atoms with Gasteiger partial charge in [-0.25, -0.2) is 4.98 Å². The lowest BCUT2D eigenvalue weighted by Crippen LogP contribution is -2.29. The number of fused-ring (bicyclic) bond motifs is 1. The van der Waals surface area contributed by atoms with Gasteiger partial charge in [0.1, 0.15) is 5.69 Å². The SMILES string of the molecule is O=C(Nc1cccc2cccnc12)c1ccc(N2CCCCC2)cn1. The molecule has 0 radical (unpaired) electrons. The van der Waals surface area contributed by atoms with Gasteiger partial charge >= 0.3 is 0 Å². The second-order valence-electron chi connectivity index (χ2n) is 6.28. The van der Waals surface area contributed by atoms with Gasteiger partial charge in [-0.05, 0) is 43.5 Å². The Morgan fingerprint density at radius 2 is 1.80 bits per heavy atom. The third kappa shape index (κ3) is 3.31. The number of pyridine rings is 2. The lowest BCUT2D eigenvalue weighted by molar-refractivity contribution is 0.102. The van der Waals surface area contributed by atoms with Crippen LogP contribution in [0, 0.1) is 0 Å². The normalized spacial score (nSPS) is 14.5. The Labute approximate surface area is 146 Å². The first-order valence-corrected chi connectivity index (χ1v) is 8.67. The van der Waals surface area contributed by atoms with Crippen molar-refractivity contribution in [2.75, 3.05) is 23.3 Å². The van der Waals surface area contributed by atoms with Crippen LogP contribution in [0.25, 0.3) is 10.9 Å². The Hall–Kier alpha value is -2.95. The number of hydrogen-bond acceptors (Lipinski definition) is 4. The molecular weight excluding hydrogens is 312 g/mol. The van der Waals surface area contributed by atoms with Crippen molar-refractivity contribution in [3.8, 4) is 0 Å². The van der Waals surface area contributed by atoms with Crippen molar-refractivity contribution >= 4 is 28.2 Å². The molecule has 1 aliphatic heterocycles. The van der Waals surface area contributed by atoms with Crippen molar-refractivity contribution in [1.82, 2.24) is 9.97 Å². The number of amides is 1. The number of carbonyl (C=O) groups is 1. The summed E-state index contributed by atoms with van der Waals surface area (Å²) < 4.78 is 0. The molecule has 0 unspecified atom stereocenters. The van der Waals surface area contributed by atoms with Crippen LogP contribution in [0.5, 0.6) is 0 Å². The molecule has 0 saturated carbocycles. The molecule has 3 heterocycles. The summed E-state index contributed by atoms with van der Waals surface area (Å²) in [7, 11) is 0. The highest BCUT2D eigenvalue weighted by Gasteiger charge is 2.14. The number of nitrogens with one attached hydrogen (secondary N) is 1. The van der Waals surface area contributed by atoms with Crippen LogP contribution < -0.4 is 10.2 Å². The second kappa shape index (κ2) is 6.89. The molecule has 0 spiro atoms. The average Bonchev–Trinajstić information content (AvgIpc) is 2.69. The zero-order chi connectivity index (χ0) is 17.1. The van der Waals surface area contributed by atoms with Crippen molar-refractivity contribution in [2.45, 2.75) is 19.3 Å². The maximum atomic E-state index is 12.5. The number of benzene rings is 1. The van der Waals surface area contributed by atoms with Crippen molar-refractivity contribution in [2.24, 2.45) is 0 Å². The first-order valence-electron chi connectivity index (χ1n) is 8.67. The minimum Gasteiger partial charge on any atom is -0.370 e. The summed E-state index contributed by atoms with van der Waals surface area (Å²) >= 11 is 0. The minimum atomic E-state index is -0.219. The van der Waals surface area contributed by atoms with Gasteiger partial charge in [0.25, 0.3) is 5.91 Å². The largest absolute Gasteiger partial charge is 0.370 e. The van der Waals surface area contributed by atoms with Crippen LogP contribution in [0.1, 0.15) is 29.8 Å². The first kappa shape index (κ1) is 15.6. The summed E-state index contributed by atoms with van der Waals surface area (Å²) in [5.74, 6) is -0.219. The van der Waals surface area contributed by atoms with E-state index in [1.165, 1.54) is 19.3 Å². The summed E-state index contributed by atoms with van der Waals surface area (Å²) in [5, 5.41) is 3.92. The summed E-state index contributed by atoms with van der Waals surface area (Å²) in [6, 6.07) is 13.4. The lowest BCUT2D eigenvalue weighted by Gasteiger charge is -2.28. The van der Waals surface area contributed by atoms with E-state index in [1.807, 2.05) is 36.4 Å². The highest BCUT2D eigenvalue weighted by Crippen LogP contribution is 2.22. The smallest absolute Gasteiger partial charge is 0.274 e. The standard InChI is InChI=1S/C20H20N4O/c25-20(23-17-8-4-6-15-7-5-11-21-19(15)17)18-10-9-16(14-22-18)24-12-2-1-3-13-24/h4-11,14H,1-3,12-13H2,(H,23,25). The van der Waals surface area contributed by atoms with Crippen LogP contribution in [-0.4, -0.2) is 29.0 Å². The fourth-order valence-electron chi connectivity index (χ4n) is 3.25. The summed E-state index contributed by atoms with van der Waals surface area (Å²) in [5.41, 5.74) is 2.98. The van der Waals surface area contributed by atoms with Gasteiger partial charge < -0.3 is 10.2 Å². The van der Waals surface area contributed by atoms with Gasteiger partial charge in [-0.2, -0.15) is 0 Å². The molecule has 1 aromatic carbocycles. The second-order valence-corrected chi connectivity index (χ2v) is 6.28. The zero-order valence-corrected chi connectivity index (χ0v) is 14.0. The van der Waals surface area contributed by atoms with E-state index >= 15 is 0 Å². The maximum absolute atomic E-state index is 12.5. The van der Waals surface area contributed by atoms with Crippen molar-refractivity contribution in [1.29, 1.82) is 0 Å². The quantitative estimate of drug-likeness (QED) is 0.791. The predicted octanol–water partition coefficient (Wildman–Crippen LogP) is 3.87. The molecular formula is C20H20N4O. The molecule has 5 nitrogen and oxygen atoms in total. The van der Waals surface area contributed by atoms with Crippen molar-refractivity contribution < 1.29 is 4.79 Å². The van der Waals surface area contributed by atoms with Crippen LogP contribution >= 0.6 is 0 Å². The molecule has 2 aromatic heterocycles. The Morgan fingerprint density at radius 3 is 2.60 bits per heavy atom. The Balaban J connectivity index is 1.52. The Bertz CT molecular complexity index is 880. The molecule has 3 aromatic rings. The fraction of sp³-hybridized carbons (Fsp3) is 0.250. The zero-order valence-electron chi connectivity index (χ0n) is 14.0. The minimum absolute atomic E-state index is 0.219. The van der Waals surface area contributed by atoms with Gasteiger partial charge in [0.15, 0.2) is 0 Å². The number of rotatable bonds is 3. The van der Waals surface area contributed by atoms with Crippen LogP contribution in [0.15, 0.2) is 54.9 Å². The van der Waals surface area contributed by atoms with E-state index in [2.05, 4.69) is 20.2 Å². The highest BCUT2D eigenvalue weighted by atomic mass is 16.1. The lowest BCUT2D eigenvalue weighted by atomic mass is 10.1. The van der Waals surface area contributed by atoms with Gasteiger partial charge in [-0.1, -0.05) is 18.2 Å². The van der Waals surface area contributed by atoms with Crippen LogP contribution in [0.3, 0.4) is 0 Å². The molecule has 0 bridgehead atoms. The van der Waals surface area contributed by atoms with E-state index in [0.717, 1.165) is 29.7 Å². The van der Waals surface area contributed by atoms with Gasteiger partial charge in [0, 0.05) is 24.7 Å². The molecule has 25 heavy (non-hydrogen) atoms. The molecule has 0 aliphatic carbocycles. The molecule has 126 valence electrons. The number of carbonyl (C=O) groups excluding carboxylic acids is 1. The number of aromatic nitrogens is 2. The summed E-state index contributed by atoms with van der Waals surface area (Å²) in [6.45, 7) is 2.13. The van der Waals surface area contributed by atoms with Gasteiger partial charge in [0.2, 0.25) is 0 Å². The van der Waals surface area contributed by atoms with E-state index in [-0.39, 0.29) is 5.91 Å². The van der Waals surface area contributed by atoms with Crippen LogP contribution in [0.4, 0.5) is 11.4 Å². The van der Waals surface area contributed by atoms with E-state index in [0.29, 0.717) is 11.4 Å². The van der Waals surface area contributed by atoms with Crippen LogP contribution in [-0.2, 0) is 0 Å². The number of para-hydroxylation sites is 1. The molecule has 1 amide bonds. The molecule has 4 rings (SSSR count). The van der Waals surface area contributed by atoms with Crippen LogP contribution in [0.2, 0.25) is 0 Å². The van der Waals surface area contributed by atoms with E-state index in [1.54, 1.807) is 18.5 Å². The third-order valence-electron chi connectivity index (χ3n) is 4.58. The highest BCUT2D eigenvalue weighted by molar-refractivity contribution is 6.07. The van der Waals surface area contributed by atoms with Gasteiger partial charge in [0.05, 0.1) is 23.1 Å². The first-order chi connectivity index (χ1) is 12.3. The van der Waals surface area contributed by atoms with E-state index < -0.39 is 0 Å². The summed E-state index contributed by atoms with van der Waals surface area (Å²) in [6.07, 6.45) is 7.25. The Morgan fingerprint density at radius 1 is 0.960 bits per heavy atom. The maximum Gasteiger partial charge on any atom is 0.274 e. The van der Waals surface area contributed by atoms with Crippen molar-refractivity contribution in [3.05, 3.63) is 60.6 Å². The number of nitrogens with zero attached hydrogens (tertiary/aromatic N) is 3. The van der Waals surface area contributed by atoms with E-state index in [9.17, 15) is 4.79 Å². The topological polar surface area (TPSA) is 58.1 Å². The van der Waals surface area contributed by atoms with E-state index in [4.69, 9.17) is 0 Å². The monoisotopic (exact) mass is 332 g/mol. The molecule has 1 fully saturated rings. The molecule has 5 heteroatoms. The average molecular weight is 332 g/mol. The van der Waals surface area contributed by atoms with Crippen molar-refractivity contribution in [3.63, 3.8) is 0 Å². The number of anilines is 2. The third-order valence-corrected chi connectivity index (χ3v) is 4.58. The fourth-order valence-corrected chi connectivity index (χ4v) is 3.25. The predicted molar refractivity (Wildman–Crippen MR) is 100.0 cm³/mol. The summed E-state index contributed by atoms with van der Waals surface area (Å²) in [4.78, 5) is 23.6. The molecule has 1 saturated heterocycles. The number of hydrogen-bond donors (Lipinski definition) is 1. The number of piperidine rings is 1. The molecule has 1 aliphatic rings. The molecule has 1 N–H and O–H groups in total. The van der Waals surface area contributed by atoms with Gasteiger partial charge in [-0.3, -0.25) is 9.78 Å².